The molecule has 1 aliphatic heterocycles. The molecule has 126 valence electrons. The van der Waals surface area contributed by atoms with Gasteiger partial charge in [0.05, 0.1) is 0 Å². The molecule has 1 heterocycles. The van der Waals surface area contributed by atoms with Gasteiger partial charge in [-0.1, -0.05) is 32.0 Å². The summed E-state index contributed by atoms with van der Waals surface area (Å²) >= 11 is 0. The fourth-order valence-corrected chi connectivity index (χ4v) is 2.83. The van der Waals surface area contributed by atoms with E-state index in [9.17, 15) is 9.59 Å². The number of carbonyl (C=O) groups excluding carboxylic acids is 2. The fourth-order valence-electron chi connectivity index (χ4n) is 2.83. The molecule has 1 aliphatic rings. The Labute approximate surface area is 138 Å². The Morgan fingerprint density at radius 2 is 1.74 bits per heavy atom. The van der Waals surface area contributed by atoms with E-state index in [1.165, 1.54) is 0 Å². The lowest BCUT2D eigenvalue weighted by atomic mass is 10.2. The van der Waals surface area contributed by atoms with Crippen LogP contribution in [0.2, 0.25) is 0 Å². The Balaban J connectivity index is 1.67. The van der Waals surface area contributed by atoms with Crippen LogP contribution in [0.15, 0.2) is 30.3 Å². The lowest BCUT2D eigenvalue weighted by molar-refractivity contribution is -0.132. The largest absolute Gasteiger partial charge is 0.352 e. The first-order valence-electron chi connectivity index (χ1n) is 8.39. The molecule has 2 rings (SSSR count). The van der Waals surface area contributed by atoms with E-state index in [1.54, 1.807) is 12.1 Å². The van der Waals surface area contributed by atoms with E-state index >= 15 is 0 Å². The summed E-state index contributed by atoms with van der Waals surface area (Å²) in [6, 6.07) is 9.07. The van der Waals surface area contributed by atoms with E-state index < -0.39 is 0 Å². The van der Waals surface area contributed by atoms with Gasteiger partial charge in [-0.2, -0.15) is 0 Å². The van der Waals surface area contributed by atoms with Crippen LogP contribution in [0.25, 0.3) is 0 Å². The Bertz CT molecular complexity index is 508. The third kappa shape index (κ3) is 5.67. The van der Waals surface area contributed by atoms with Crippen molar-refractivity contribution in [3.63, 3.8) is 0 Å². The lowest BCUT2D eigenvalue weighted by Gasteiger charge is -2.35. The first-order chi connectivity index (χ1) is 11.1. The van der Waals surface area contributed by atoms with Gasteiger partial charge in [0, 0.05) is 51.3 Å². The van der Waals surface area contributed by atoms with Crippen molar-refractivity contribution in [2.24, 2.45) is 5.92 Å². The first-order valence-corrected chi connectivity index (χ1v) is 8.39. The van der Waals surface area contributed by atoms with Gasteiger partial charge in [0.25, 0.3) is 5.91 Å². The maximum absolute atomic E-state index is 12.2. The van der Waals surface area contributed by atoms with Crippen LogP contribution in [0.1, 0.15) is 30.6 Å². The Hall–Kier alpha value is -1.88. The third-order valence-electron chi connectivity index (χ3n) is 4.01. The molecule has 1 saturated heterocycles. The highest BCUT2D eigenvalue weighted by Crippen LogP contribution is 2.06. The summed E-state index contributed by atoms with van der Waals surface area (Å²) in [6.45, 7) is 9.38. The molecule has 5 heteroatoms. The van der Waals surface area contributed by atoms with Crippen LogP contribution in [0, 0.1) is 5.92 Å². The van der Waals surface area contributed by atoms with Gasteiger partial charge in [0.15, 0.2) is 0 Å². The monoisotopic (exact) mass is 317 g/mol. The molecule has 0 unspecified atom stereocenters. The zero-order valence-corrected chi connectivity index (χ0v) is 14.1. The predicted octanol–water partition coefficient (Wildman–Crippen LogP) is 1.61. The molecule has 2 amide bonds. The minimum atomic E-state index is -0.125. The minimum absolute atomic E-state index is 0.125. The van der Waals surface area contributed by atoms with Gasteiger partial charge in [0.1, 0.15) is 0 Å². The topological polar surface area (TPSA) is 52.6 Å². The first kappa shape index (κ1) is 17.5. The zero-order valence-electron chi connectivity index (χ0n) is 14.1. The molecule has 0 spiro atoms. The summed E-state index contributed by atoms with van der Waals surface area (Å²) in [5, 5.41) is 2.81. The maximum atomic E-state index is 12.2. The van der Waals surface area contributed by atoms with Gasteiger partial charge in [-0.15, -0.1) is 0 Å². The van der Waals surface area contributed by atoms with Crippen molar-refractivity contribution in [3.05, 3.63) is 35.9 Å². The van der Waals surface area contributed by atoms with Gasteiger partial charge in [0.2, 0.25) is 5.91 Å². The van der Waals surface area contributed by atoms with Crippen LogP contribution in [0.3, 0.4) is 0 Å². The standard InChI is InChI=1S/C18H27N3O2/c1-15(2)14-20-10-12-21(13-11-20)17(22)8-9-19-18(23)16-6-4-3-5-7-16/h3-7,15H,8-14H2,1-2H3,(H,19,23). The summed E-state index contributed by atoms with van der Waals surface area (Å²) in [4.78, 5) is 28.4. The lowest BCUT2D eigenvalue weighted by Crippen LogP contribution is -2.49. The Morgan fingerprint density at radius 3 is 2.35 bits per heavy atom. The number of benzene rings is 1. The van der Waals surface area contributed by atoms with Gasteiger partial charge in [-0.05, 0) is 18.1 Å². The third-order valence-corrected chi connectivity index (χ3v) is 4.01. The molecular formula is C18H27N3O2. The second kappa shape index (κ2) is 8.67. The number of hydrogen-bond acceptors (Lipinski definition) is 3. The molecule has 0 radical (unpaired) electrons. The minimum Gasteiger partial charge on any atom is -0.352 e. The van der Waals surface area contributed by atoms with Crippen molar-refractivity contribution in [1.82, 2.24) is 15.1 Å². The van der Waals surface area contributed by atoms with Crippen LogP contribution >= 0.6 is 0 Å². The van der Waals surface area contributed by atoms with Crippen molar-refractivity contribution in [1.29, 1.82) is 0 Å². The van der Waals surface area contributed by atoms with E-state index in [0.717, 1.165) is 32.7 Å². The second-order valence-corrected chi connectivity index (χ2v) is 6.45. The van der Waals surface area contributed by atoms with E-state index in [1.807, 2.05) is 23.1 Å². The number of nitrogens with zero attached hydrogens (tertiary/aromatic N) is 2. The average Bonchev–Trinajstić information content (AvgIpc) is 2.55. The molecule has 1 fully saturated rings. The quantitative estimate of drug-likeness (QED) is 0.867. The van der Waals surface area contributed by atoms with Crippen LogP contribution in [0.4, 0.5) is 0 Å². The summed E-state index contributed by atoms with van der Waals surface area (Å²) in [5.74, 6) is 0.660. The summed E-state index contributed by atoms with van der Waals surface area (Å²) in [7, 11) is 0. The van der Waals surface area contributed by atoms with Crippen molar-refractivity contribution < 1.29 is 9.59 Å². The van der Waals surface area contributed by atoms with Gasteiger partial charge in [-0.3, -0.25) is 14.5 Å². The molecule has 1 aromatic rings. The van der Waals surface area contributed by atoms with Crippen molar-refractivity contribution in [3.8, 4) is 0 Å². The van der Waals surface area contributed by atoms with Crippen molar-refractivity contribution >= 4 is 11.8 Å². The summed E-state index contributed by atoms with van der Waals surface area (Å²) in [6.07, 6.45) is 0.364. The number of nitrogens with one attached hydrogen (secondary N) is 1. The van der Waals surface area contributed by atoms with Crippen molar-refractivity contribution in [2.45, 2.75) is 20.3 Å². The zero-order chi connectivity index (χ0) is 16.7. The van der Waals surface area contributed by atoms with Crippen LogP contribution in [0.5, 0.6) is 0 Å². The number of carbonyl (C=O) groups is 2. The van der Waals surface area contributed by atoms with E-state index in [0.29, 0.717) is 24.4 Å². The smallest absolute Gasteiger partial charge is 0.251 e. The maximum Gasteiger partial charge on any atom is 0.251 e. The highest BCUT2D eigenvalue weighted by molar-refractivity contribution is 5.94. The summed E-state index contributed by atoms with van der Waals surface area (Å²) < 4.78 is 0. The molecule has 1 N–H and O–H groups in total. The molecule has 1 aromatic carbocycles. The number of piperazine rings is 1. The molecule has 0 aliphatic carbocycles. The Kier molecular flexibility index (Phi) is 6.59. The molecule has 0 aromatic heterocycles. The van der Waals surface area contributed by atoms with E-state index in [-0.39, 0.29) is 11.8 Å². The highest BCUT2D eigenvalue weighted by atomic mass is 16.2. The van der Waals surface area contributed by atoms with Gasteiger partial charge in [-0.25, -0.2) is 0 Å². The van der Waals surface area contributed by atoms with Crippen LogP contribution < -0.4 is 5.32 Å². The molecule has 0 saturated carbocycles. The molecule has 0 bridgehead atoms. The molecular weight excluding hydrogens is 290 g/mol. The SMILES string of the molecule is CC(C)CN1CCN(C(=O)CCNC(=O)c2ccccc2)CC1. The van der Waals surface area contributed by atoms with Gasteiger partial charge >= 0.3 is 0 Å². The molecule has 0 atom stereocenters. The normalized spacial score (nSPS) is 15.7. The van der Waals surface area contributed by atoms with Crippen LogP contribution in [-0.4, -0.2) is 60.9 Å². The second-order valence-electron chi connectivity index (χ2n) is 6.45. The van der Waals surface area contributed by atoms with Gasteiger partial charge < -0.3 is 10.2 Å². The van der Waals surface area contributed by atoms with Crippen molar-refractivity contribution in [2.75, 3.05) is 39.3 Å². The fraction of sp³-hybridized carbons (Fsp3) is 0.556. The average molecular weight is 317 g/mol. The molecule has 5 nitrogen and oxygen atoms in total. The number of hydrogen-bond donors (Lipinski definition) is 1. The van der Waals surface area contributed by atoms with E-state index in [2.05, 4.69) is 24.1 Å². The number of rotatable bonds is 6. The summed E-state index contributed by atoms with van der Waals surface area (Å²) in [5.41, 5.74) is 0.627. The van der Waals surface area contributed by atoms with E-state index in [4.69, 9.17) is 0 Å². The van der Waals surface area contributed by atoms with Crippen LogP contribution in [-0.2, 0) is 4.79 Å². The highest BCUT2D eigenvalue weighted by Gasteiger charge is 2.21. The molecule has 23 heavy (non-hydrogen) atoms. The number of amides is 2. The Morgan fingerprint density at radius 1 is 1.09 bits per heavy atom. The predicted molar refractivity (Wildman–Crippen MR) is 91.3 cm³/mol.